The summed E-state index contributed by atoms with van der Waals surface area (Å²) < 4.78 is 1.94. The summed E-state index contributed by atoms with van der Waals surface area (Å²) in [6.07, 6.45) is 1.22. The third kappa shape index (κ3) is 3.57. The quantitative estimate of drug-likeness (QED) is 0.686. The molecule has 5 heteroatoms. The number of likely N-dealkylation sites (tertiary alicyclic amines) is 1. The van der Waals surface area contributed by atoms with Gasteiger partial charge in [0.05, 0.1) is 12.2 Å². The van der Waals surface area contributed by atoms with Crippen LogP contribution in [0, 0.1) is 19.3 Å². The van der Waals surface area contributed by atoms with Crippen molar-refractivity contribution in [2.75, 3.05) is 19.6 Å². The van der Waals surface area contributed by atoms with Gasteiger partial charge in [-0.25, -0.2) is 4.99 Å². The van der Waals surface area contributed by atoms with E-state index in [1.165, 1.54) is 17.7 Å². The van der Waals surface area contributed by atoms with Crippen LogP contribution in [0.1, 0.15) is 44.1 Å². The number of aromatic nitrogens is 2. The molecule has 2 rings (SSSR count). The smallest absolute Gasteiger partial charge is 0.194 e. The van der Waals surface area contributed by atoms with E-state index < -0.39 is 0 Å². The maximum Gasteiger partial charge on any atom is 0.194 e. The van der Waals surface area contributed by atoms with E-state index in [1.807, 2.05) is 11.7 Å². The Morgan fingerprint density at radius 2 is 2.10 bits per heavy atom. The zero-order valence-electron chi connectivity index (χ0n) is 14.3. The lowest BCUT2D eigenvalue weighted by Gasteiger charge is -2.23. The number of hydrogen-bond donors (Lipinski definition) is 1. The molecule has 118 valence electrons. The lowest BCUT2D eigenvalue weighted by atomic mass is 9.93. The first-order chi connectivity index (χ1) is 9.84. The third-order valence-corrected chi connectivity index (χ3v) is 4.36. The normalized spacial score (nSPS) is 18.4. The zero-order valence-corrected chi connectivity index (χ0v) is 14.3. The SMILES string of the molecule is CCNC(=NCc1c(C)nn(C)c1C)N1CCC(C)(C)C1. The summed E-state index contributed by atoms with van der Waals surface area (Å²) >= 11 is 0. The van der Waals surface area contributed by atoms with Crippen molar-refractivity contribution in [1.29, 1.82) is 0 Å². The highest BCUT2D eigenvalue weighted by Gasteiger charge is 2.30. The van der Waals surface area contributed by atoms with Crippen molar-refractivity contribution >= 4 is 5.96 Å². The third-order valence-electron chi connectivity index (χ3n) is 4.36. The summed E-state index contributed by atoms with van der Waals surface area (Å²) in [6.45, 7) is 14.7. The molecule has 0 bridgehead atoms. The number of aliphatic imine (C=N–C) groups is 1. The van der Waals surface area contributed by atoms with Crippen molar-refractivity contribution in [1.82, 2.24) is 20.0 Å². The Bertz CT molecular complexity index is 527. The van der Waals surface area contributed by atoms with Crippen molar-refractivity contribution < 1.29 is 0 Å². The van der Waals surface area contributed by atoms with E-state index >= 15 is 0 Å². The molecule has 0 spiro atoms. The standard InChI is InChI=1S/C16H29N5/c1-7-17-15(21-9-8-16(4,5)11-21)18-10-14-12(2)19-20(6)13(14)3/h7-11H2,1-6H3,(H,17,18). The Morgan fingerprint density at radius 3 is 2.57 bits per heavy atom. The molecule has 0 radical (unpaired) electrons. The van der Waals surface area contributed by atoms with Gasteiger partial charge in [-0.3, -0.25) is 4.68 Å². The minimum Gasteiger partial charge on any atom is -0.357 e. The molecule has 0 saturated carbocycles. The van der Waals surface area contributed by atoms with E-state index in [9.17, 15) is 0 Å². The number of aryl methyl sites for hydroxylation is 2. The molecule has 0 unspecified atom stereocenters. The summed E-state index contributed by atoms with van der Waals surface area (Å²) in [5.74, 6) is 1.03. The summed E-state index contributed by atoms with van der Waals surface area (Å²) in [5, 5.41) is 7.90. The molecule has 0 aliphatic carbocycles. The topological polar surface area (TPSA) is 45.5 Å². The van der Waals surface area contributed by atoms with E-state index in [0.29, 0.717) is 12.0 Å². The second-order valence-electron chi connectivity index (χ2n) is 6.78. The van der Waals surface area contributed by atoms with Crippen LogP contribution in [0.3, 0.4) is 0 Å². The second kappa shape index (κ2) is 6.08. The van der Waals surface area contributed by atoms with Crippen LogP contribution in [-0.4, -0.2) is 40.3 Å². The molecule has 0 aromatic carbocycles. The molecule has 0 atom stereocenters. The maximum atomic E-state index is 4.84. The second-order valence-corrected chi connectivity index (χ2v) is 6.78. The van der Waals surface area contributed by atoms with E-state index in [2.05, 4.69) is 49.9 Å². The highest BCUT2D eigenvalue weighted by Crippen LogP contribution is 2.28. The minimum absolute atomic E-state index is 0.385. The summed E-state index contributed by atoms with van der Waals surface area (Å²) in [4.78, 5) is 7.22. The van der Waals surface area contributed by atoms with E-state index in [-0.39, 0.29) is 0 Å². The Labute approximate surface area is 128 Å². The van der Waals surface area contributed by atoms with Crippen LogP contribution in [0.25, 0.3) is 0 Å². The van der Waals surface area contributed by atoms with Gasteiger partial charge in [0.15, 0.2) is 5.96 Å². The number of rotatable bonds is 3. The van der Waals surface area contributed by atoms with E-state index in [0.717, 1.165) is 31.3 Å². The largest absolute Gasteiger partial charge is 0.357 e. The molecule has 1 aliphatic rings. The van der Waals surface area contributed by atoms with Crippen LogP contribution in [0.2, 0.25) is 0 Å². The van der Waals surface area contributed by atoms with Crippen molar-refractivity contribution in [3.05, 3.63) is 17.0 Å². The first kappa shape index (κ1) is 15.9. The Balaban J connectivity index is 2.15. The average Bonchev–Trinajstić information content (AvgIpc) is 2.87. The molecule has 5 nitrogen and oxygen atoms in total. The van der Waals surface area contributed by atoms with Crippen LogP contribution in [-0.2, 0) is 13.6 Å². The fourth-order valence-electron chi connectivity index (χ4n) is 2.92. The van der Waals surface area contributed by atoms with E-state index in [4.69, 9.17) is 4.99 Å². The molecule has 1 aliphatic heterocycles. The van der Waals surface area contributed by atoms with Gasteiger partial charge in [0.1, 0.15) is 0 Å². The van der Waals surface area contributed by atoms with Crippen molar-refractivity contribution in [3.63, 3.8) is 0 Å². The monoisotopic (exact) mass is 291 g/mol. The van der Waals surface area contributed by atoms with Crippen LogP contribution in [0.15, 0.2) is 4.99 Å². The molecule has 0 amide bonds. The van der Waals surface area contributed by atoms with Crippen LogP contribution in [0.4, 0.5) is 0 Å². The first-order valence-corrected chi connectivity index (χ1v) is 7.86. The molecule has 1 N–H and O–H groups in total. The van der Waals surface area contributed by atoms with Crippen molar-refractivity contribution in [3.8, 4) is 0 Å². The molecule has 1 aromatic heterocycles. The number of nitrogens with zero attached hydrogens (tertiary/aromatic N) is 4. The highest BCUT2D eigenvalue weighted by atomic mass is 15.3. The fourth-order valence-corrected chi connectivity index (χ4v) is 2.92. The number of hydrogen-bond acceptors (Lipinski definition) is 2. The highest BCUT2D eigenvalue weighted by molar-refractivity contribution is 5.80. The molecular weight excluding hydrogens is 262 g/mol. The van der Waals surface area contributed by atoms with Crippen molar-refractivity contribution in [2.24, 2.45) is 17.5 Å². The summed E-state index contributed by atoms with van der Waals surface area (Å²) in [5.41, 5.74) is 3.91. The van der Waals surface area contributed by atoms with Gasteiger partial charge in [-0.15, -0.1) is 0 Å². The molecule has 2 heterocycles. The van der Waals surface area contributed by atoms with Gasteiger partial charge in [-0.2, -0.15) is 5.10 Å². The number of nitrogens with one attached hydrogen (secondary N) is 1. The van der Waals surface area contributed by atoms with E-state index in [1.54, 1.807) is 0 Å². The van der Waals surface area contributed by atoms with Gasteiger partial charge in [-0.05, 0) is 32.6 Å². The minimum atomic E-state index is 0.385. The predicted octanol–water partition coefficient (Wildman–Crippen LogP) is 2.23. The Hall–Kier alpha value is -1.52. The molecule has 1 saturated heterocycles. The van der Waals surface area contributed by atoms with Crippen LogP contribution >= 0.6 is 0 Å². The first-order valence-electron chi connectivity index (χ1n) is 7.86. The van der Waals surface area contributed by atoms with Crippen LogP contribution in [0.5, 0.6) is 0 Å². The molecular formula is C16H29N5. The van der Waals surface area contributed by atoms with Gasteiger partial charge >= 0.3 is 0 Å². The number of guanidine groups is 1. The Kier molecular flexibility index (Phi) is 4.59. The average molecular weight is 291 g/mol. The Morgan fingerprint density at radius 1 is 1.38 bits per heavy atom. The van der Waals surface area contributed by atoms with Gasteiger partial charge in [0.25, 0.3) is 0 Å². The lowest BCUT2D eigenvalue weighted by Crippen LogP contribution is -2.40. The zero-order chi connectivity index (χ0) is 15.6. The predicted molar refractivity (Wildman–Crippen MR) is 87.5 cm³/mol. The lowest BCUT2D eigenvalue weighted by molar-refractivity contribution is 0.370. The summed E-state index contributed by atoms with van der Waals surface area (Å²) in [7, 11) is 1.99. The molecule has 1 fully saturated rings. The van der Waals surface area contributed by atoms with Gasteiger partial charge in [0.2, 0.25) is 0 Å². The maximum absolute atomic E-state index is 4.84. The molecule has 21 heavy (non-hydrogen) atoms. The van der Waals surface area contributed by atoms with Gasteiger partial charge < -0.3 is 10.2 Å². The fraction of sp³-hybridized carbons (Fsp3) is 0.750. The van der Waals surface area contributed by atoms with Gasteiger partial charge in [-0.1, -0.05) is 13.8 Å². The van der Waals surface area contributed by atoms with Crippen molar-refractivity contribution in [2.45, 2.75) is 47.6 Å². The molecule has 1 aromatic rings. The van der Waals surface area contributed by atoms with Gasteiger partial charge in [0, 0.05) is 37.9 Å². The summed E-state index contributed by atoms with van der Waals surface area (Å²) in [6, 6.07) is 0. The van der Waals surface area contributed by atoms with Crippen LogP contribution < -0.4 is 5.32 Å².